The smallest absolute Gasteiger partial charge is 0.166 e. The molecule has 1 unspecified atom stereocenters. The lowest BCUT2D eigenvalue weighted by molar-refractivity contribution is 0.168. The monoisotopic (exact) mass is 285 g/mol. The van der Waals surface area contributed by atoms with Crippen molar-refractivity contribution in [2.45, 2.75) is 12.5 Å². The third-order valence-corrected chi connectivity index (χ3v) is 4.08. The summed E-state index contributed by atoms with van der Waals surface area (Å²) in [5.74, 6) is 1.59. The van der Waals surface area contributed by atoms with E-state index in [9.17, 15) is 8.42 Å². The summed E-state index contributed by atoms with van der Waals surface area (Å²) in [7, 11) is -1.16. The van der Waals surface area contributed by atoms with Gasteiger partial charge in [0.05, 0.1) is 5.75 Å². The molecule has 1 aliphatic heterocycles. The van der Waals surface area contributed by atoms with Gasteiger partial charge >= 0.3 is 0 Å². The molecule has 106 valence electrons. The Morgan fingerprint density at radius 3 is 2.74 bits per heavy atom. The highest BCUT2D eigenvalue weighted by Crippen LogP contribution is 2.37. The first kappa shape index (κ1) is 14.1. The summed E-state index contributed by atoms with van der Waals surface area (Å²) in [6.45, 7) is 1.07. The number of sulfone groups is 1. The maximum Gasteiger partial charge on any atom is 0.166 e. The van der Waals surface area contributed by atoms with Crippen LogP contribution in [0.4, 0.5) is 0 Å². The van der Waals surface area contributed by atoms with Gasteiger partial charge in [-0.15, -0.1) is 0 Å². The van der Waals surface area contributed by atoms with Gasteiger partial charge in [0.15, 0.2) is 11.5 Å². The van der Waals surface area contributed by atoms with E-state index in [1.807, 2.05) is 25.2 Å². The molecule has 19 heavy (non-hydrogen) atoms. The van der Waals surface area contributed by atoms with Crippen LogP contribution in [0.5, 0.6) is 11.5 Å². The van der Waals surface area contributed by atoms with Crippen molar-refractivity contribution in [1.29, 1.82) is 0 Å². The topological polar surface area (TPSA) is 64.6 Å². The summed E-state index contributed by atoms with van der Waals surface area (Å²) >= 11 is 0. The fourth-order valence-corrected chi connectivity index (χ4v) is 2.82. The lowest BCUT2D eigenvalue weighted by Crippen LogP contribution is -2.23. The van der Waals surface area contributed by atoms with Gasteiger partial charge in [-0.3, -0.25) is 0 Å². The van der Waals surface area contributed by atoms with Crippen molar-refractivity contribution >= 4 is 9.84 Å². The van der Waals surface area contributed by atoms with Crippen molar-refractivity contribution in [3.8, 4) is 11.5 Å². The Labute approximate surface area is 113 Å². The van der Waals surface area contributed by atoms with Crippen molar-refractivity contribution in [2.75, 3.05) is 32.3 Å². The zero-order valence-corrected chi connectivity index (χ0v) is 12.0. The first-order valence-electron chi connectivity index (χ1n) is 6.25. The van der Waals surface area contributed by atoms with Crippen molar-refractivity contribution in [2.24, 2.45) is 0 Å². The zero-order chi connectivity index (χ0) is 13.9. The van der Waals surface area contributed by atoms with Crippen molar-refractivity contribution in [1.82, 2.24) is 5.32 Å². The maximum atomic E-state index is 11.3. The molecule has 1 N–H and O–H groups in total. The van der Waals surface area contributed by atoms with Crippen LogP contribution in [0.2, 0.25) is 0 Å². The summed E-state index contributed by atoms with van der Waals surface area (Å²) in [4.78, 5) is 0. The Morgan fingerprint density at radius 1 is 1.32 bits per heavy atom. The molecule has 1 aliphatic rings. The summed E-state index contributed by atoms with van der Waals surface area (Å²) < 4.78 is 33.8. The minimum atomic E-state index is -2.97. The molecule has 0 aliphatic carbocycles. The van der Waals surface area contributed by atoms with E-state index >= 15 is 0 Å². The molecule has 1 atom stereocenters. The molecule has 0 saturated heterocycles. The molecule has 0 aromatic heterocycles. The number of fused-ring (bicyclic) bond motifs is 1. The average Bonchev–Trinajstić information content (AvgIpc) is 2.38. The molecule has 0 radical (unpaired) electrons. The van der Waals surface area contributed by atoms with Gasteiger partial charge < -0.3 is 14.8 Å². The Kier molecular flexibility index (Phi) is 4.31. The Morgan fingerprint density at radius 2 is 2.05 bits per heavy atom. The van der Waals surface area contributed by atoms with E-state index in [0.717, 1.165) is 17.1 Å². The van der Waals surface area contributed by atoms with E-state index in [1.165, 1.54) is 6.26 Å². The Balaban J connectivity index is 2.23. The average molecular weight is 285 g/mol. The molecule has 1 heterocycles. The van der Waals surface area contributed by atoms with Gasteiger partial charge in [0.2, 0.25) is 0 Å². The number of nitrogens with one attached hydrogen (secondary N) is 1. The van der Waals surface area contributed by atoms with E-state index < -0.39 is 9.84 Å². The quantitative estimate of drug-likeness (QED) is 0.879. The van der Waals surface area contributed by atoms with Gasteiger partial charge in [-0.05, 0) is 19.5 Å². The van der Waals surface area contributed by atoms with Gasteiger partial charge in [0.1, 0.15) is 23.1 Å². The lowest BCUT2D eigenvalue weighted by atomic mass is 10.0. The third-order valence-electron chi connectivity index (χ3n) is 3.10. The molecule has 0 bridgehead atoms. The standard InChI is InChI=1S/C13H19NO4S/c1-14-11(6-9-19(2,15)16)10-4-3-5-12-13(10)18-8-7-17-12/h3-5,11,14H,6-9H2,1-2H3. The van der Waals surface area contributed by atoms with E-state index in [2.05, 4.69) is 5.32 Å². The fourth-order valence-electron chi connectivity index (χ4n) is 2.16. The predicted octanol–water partition coefficient (Wildman–Crippen LogP) is 1.15. The molecule has 6 heteroatoms. The second-order valence-electron chi connectivity index (χ2n) is 4.63. The van der Waals surface area contributed by atoms with E-state index in [-0.39, 0.29) is 11.8 Å². The van der Waals surface area contributed by atoms with Crippen molar-refractivity contribution in [3.05, 3.63) is 23.8 Å². The molecular formula is C13H19NO4S. The molecule has 0 saturated carbocycles. The maximum absolute atomic E-state index is 11.3. The first-order chi connectivity index (χ1) is 9.01. The number of hydrogen-bond acceptors (Lipinski definition) is 5. The van der Waals surface area contributed by atoms with Crippen LogP contribution in [0.25, 0.3) is 0 Å². The van der Waals surface area contributed by atoms with Crippen LogP contribution in [0.1, 0.15) is 18.0 Å². The van der Waals surface area contributed by atoms with Gasteiger partial charge in [0, 0.05) is 17.9 Å². The Bertz CT molecular complexity index is 542. The van der Waals surface area contributed by atoms with E-state index in [4.69, 9.17) is 9.47 Å². The molecule has 1 aromatic carbocycles. The lowest BCUT2D eigenvalue weighted by Gasteiger charge is -2.25. The van der Waals surface area contributed by atoms with Crippen LogP contribution >= 0.6 is 0 Å². The van der Waals surface area contributed by atoms with Crippen molar-refractivity contribution in [3.63, 3.8) is 0 Å². The minimum absolute atomic E-state index is 0.0635. The van der Waals surface area contributed by atoms with Gasteiger partial charge in [-0.2, -0.15) is 0 Å². The first-order valence-corrected chi connectivity index (χ1v) is 8.31. The molecular weight excluding hydrogens is 266 g/mol. The summed E-state index contributed by atoms with van der Waals surface area (Å²) in [5.41, 5.74) is 0.948. The summed E-state index contributed by atoms with van der Waals surface area (Å²) in [6.07, 6.45) is 1.76. The number of rotatable bonds is 5. The highest BCUT2D eigenvalue weighted by atomic mass is 32.2. The number of ether oxygens (including phenoxy) is 2. The number of para-hydroxylation sites is 1. The van der Waals surface area contributed by atoms with Crippen LogP contribution in [0.3, 0.4) is 0 Å². The zero-order valence-electron chi connectivity index (χ0n) is 11.2. The van der Waals surface area contributed by atoms with Crippen LogP contribution in [-0.4, -0.2) is 40.7 Å². The summed E-state index contributed by atoms with van der Waals surface area (Å²) in [6, 6.07) is 5.64. The van der Waals surface area contributed by atoms with E-state index in [0.29, 0.717) is 19.6 Å². The second kappa shape index (κ2) is 5.79. The van der Waals surface area contributed by atoms with Crippen molar-refractivity contribution < 1.29 is 17.9 Å². The molecule has 5 nitrogen and oxygen atoms in total. The van der Waals surface area contributed by atoms with Crippen LogP contribution in [0, 0.1) is 0 Å². The normalized spacial score (nSPS) is 16.1. The predicted molar refractivity (Wildman–Crippen MR) is 73.6 cm³/mol. The van der Waals surface area contributed by atoms with Gasteiger partial charge in [-0.1, -0.05) is 12.1 Å². The highest BCUT2D eigenvalue weighted by Gasteiger charge is 2.21. The van der Waals surface area contributed by atoms with E-state index in [1.54, 1.807) is 0 Å². The largest absolute Gasteiger partial charge is 0.486 e. The molecule has 0 amide bonds. The third kappa shape index (κ3) is 3.61. The molecule has 2 rings (SSSR count). The van der Waals surface area contributed by atoms with Gasteiger partial charge in [0.25, 0.3) is 0 Å². The highest BCUT2D eigenvalue weighted by molar-refractivity contribution is 7.90. The fraction of sp³-hybridized carbons (Fsp3) is 0.538. The second-order valence-corrected chi connectivity index (χ2v) is 6.89. The minimum Gasteiger partial charge on any atom is -0.486 e. The van der Waals surface area contributed by atoms with Crippen LogP contribution in [0.15, 0.2) is 18.2 Å². The molecule has 0 spiro atoms. The van der Waals surface area contributed by atoms with Crippen LogP contribution < -0.4 is 14.8 Å². The molecule has 0 fully saturated rings. The number of hydrogen-bond donors (Lipinski definition) is 1. The van der Waals surface area contributed by atoms with Crippen LogP contribution in [-0.2, 0) is 9.84 Å². The molecule has 1 aromatic rings. The number of benzene rings is 1. The van der Waals surface area contributed by atoms with Gasteiger partial charge in [-0.25, -0.2) is 8.42 Å². The Hall–Kier alpha value is -1.27. The SMILES string of the molecule is CNC(CCS(C)(=O)=O)c1cccc2c1OCCO2. The summed E-state index contributed by atoms with van der Waals surface area (Å²) in [5, 5.41) is 3.14.